The van der Waals surface area contributed by atoms with E-state index in [2.05, 4.69) is 31.4 Å². The first kappa shape index (κ1) is 29.0. The van der Waals surface area contributed by atoms with Crippen molar-refractivity contribution in [3.8, 4) is 28.4 Å². The molecule has 0 spiro atoms. The van der Waals surface area contributed by atoms with Crippen molar-refractivity contribution in [3.05, 3.63) is 116 Å². The number of halogens is 1. The van der Waals surface area contributed by atoms with Gasteiger partial charge in [0.25, 0.3) is 11.6 Å². The molecule has 2 N–H and O–H groups in total. The lowest BCUT2D eigenvalue weighted by molar-refractivity contribution is -0.384. The topological polar surface area (TPSA) is 145 Å². The molecule has 0 aliphatic heterocycles. The lowest BCUT2D eigenvalue weighted by atomic mass is 10.0. The van der Waals surface area contributed by atoms with Gasteiger partial charge in [0.05, 0.1) is 41.8 Å². The number of fused-ring (bicyclic) bond motifs is 1. The van der Waals surface area contributed by atoms with Gasteiger partial charge in [-0.1, -0.05) is 46.3 Å². The van der Waals surface area contributed by atoms with Gasteiger partial charge in [0.15, 0.2) is 0 Å². The summed E-state index contributed by atoms with van der Waals surface area (Å²) in [5.41, 5.74) is 5.11. The number of hydrogen-bond donors (Lipinski definition) is 2. The zero-order chi connectivity index (χ0) is 30.5. The largest absolute Gasteiger partial charge is 0.496 e. The summed E-state index contributed by atoms with van der Waals surface area (Å²) in [5, 5.41) is 15.7. The molecule has 1 aromatic heterocycles. The van der Waals surface area contributed by atoms with E-state index in [0.717, 1.165) is 5.56 Å². The van der Waals surface area contributed by atoms with Gasteiger partial charge < -0.3 is 19.2 Å². The molecule has 1 amide bonds. The molecule has 12 heteroatoms. The maximum atomic E-state index is 13.5. The predicted octanol–water partition coefficient (Wildman–Crippen LogP) is 6.51. The van der Waals surface area contributed by atoms with Crippen LogP contribution in [0.25, 0.3) is 22.0 Å². The van der Waals surface area contributed by atoms with E-state index in [-0.39, 0.29) is 22.7 Å². The average molecular weight is 643 g/mol. The SMILES string of the molecule is COc1ccc(OC)c2c(-c3ccccc3)c(C(=O)NN=Cc3cc(Br)ccc3OC(=O)c3ccc([N+](=O)[O-])cc3)[nH]c12. The fourth-order valence-corrected chi connectivity index (χ4v) is 4.84. The van der Waals surface area contributed by atoms with Crippen molar-refractivity contribution in [1.82, 2.24) is 10.4 Å². The van der Waals surface area contributed by atoms with Crippen LogP contribution in [0.3, 0.4) is 0 Å². The number of hydrogen-bond acceptors (Lipinski definition) is 8. The van der Waals surface area contributed by atoms with Gasteiger partial charge in [-0.2, -0.15) is 5.10 Å². The average Bonchev–Trinajstić information content (AvgIpc) is 3.43. The molecule has 0 saturated carbocycles. The normalized spacial score (nSPS) is 11.0. The highest BCUT2D eigenvalue weighted by atomic mass is 79.9. The number of carbonyl (C=O) groups is 2. The van der Waals surface area contributed by atoms with Crippen molar-refractivity contribution < 1.29 is 28.7 Å². The summed E-state index contributed by atoms with van der Waals surface area (Å²) < 4.78 is 17.3. The Balaban J connectivity index is 1.44. The van der Waals surface area contributed by atoms with E-state index >= 15 is 0 Å². The highest BCUT2D eigenvalue weighted by Gasteiger charge is 2.24. The number of esters is 1. The second-order valence-electron chi connectivity index (χ2n) is 9.04. The molecule has 0 saturated heterocycles. The van der Waals surface area contributed by atoms with Crippen LogP contribution in [0.4, 0.5) is 5.69 Å². The number of nitrogens with one attached hydrogen (secondary N) is 2. The van der Waals surface area contributed by atoms with Crippen LogP contribution in [0.1, 0.15) is 26.4 Å². The number of methoxy groups -OCH3 is 2. The van der Waals surface area contributed by atoms with Crippen LogP contribution >= 0.6 is 15.9 Å². The standard InChI is InChI=1S/C31H23BrN4O7/c1-41-24-14-15-25(42-2)28-27(24)26(18-6-4-3-5-7-18)29(34-28)30(37)35-33-17-20-16-21(32)10-13-23(20)43-31(38)19-8-11-22(12-9-19)36(39)40/h3-17,34H,1-2H3,(H,35,37). The second kappa shape index (κ2) is 12.6. The fourth-order valence-electron chi connectivity index (χ4n) is 4.46. The van der Waals surface area contributed by atoms with Gasteiger partial charge in [0, 0.05) is 27.7 Å². The molecule has 216 valence electrons. The van der Waals surface area contributed by atoms with Crippen molar-refractivity contribution in [2.45, 2.75) is 0 Å². The molecule has 1 heterocycles. The highest BCUT2D eigenvalue weighted by Crippen LogP contribution is 2.42. The third-order valence-corrected chi connectivity index (χ3v) is 6.96. The first-order valence-corrected chi connectivity index (χ1v) is 13.5. The van der Waals surface area contributed by atoms with Crippen molar-refractivity contribution >= 4 is 50.6 Å². The molecular weight excluding hydrogens is 620 g/mol. The Bertz CT molecular complexity index is 1870. The molecule has 0 aliphatic rings. The molecule has 0 aliphatic carbocycles. The summed E-state index contributed by atoms with van der Waals surface area (Å²) in [5.74, 6) is 0.0000340. The fraction of sp³-hybridized carbons (Fsp3) is 0.0645. The van der Waals surface area contributed by atoms with E-state index < -0.39 is 16.8 Å². The third kappa shape index (κ3) is 6.09. The maximum absolute atomic E-state index is 13.5. The molecule has 0 atom stereocenters. The van der Waals surface area contributed by atoms with Crippen LogP contribution in [0.2, 0.25) is 0 Å². The maximum Gasteiger partial charge on any atom is 0.343 e. The van der Waals surface area contributed by atoms with Crippen LogP contribution in [0, 0.1) is 10.1 Å². The van der Waals surface area contributed by atoms with Gasteiger partial charge in [0.1, 0.15) is 22.9 Å². The second-order valence-corrected chi connectivity index (χ2v) is 9.95. The molecule has 0 radical (unpaired) electrons. The van der Waals surface area contributed by atoms with Gasteiger partial charge in [0.2, 0.25) is 0 Å². The number of hydrazone groups is 1. The minimum absolute atomic E-state index is 0.128. The third-order valence-electron chi connectivity index (χ3n) is 6.47. The number of rotatable bonds is 9. The summed E-state index contributed by atoms with van der Waals surface area (Å²) in [6.07, 6.45) is 1.34. The Kier molecular flexibility index (Phi) is 8.49. The van der Waals surface area contributed by atoms with Crippen molar-refractivity contribution in [2.24, 2.45) is 5.10 Å². The van der Waals surface area contributed by atoms with E-state index in [1.54, 1.807) is 44.6 Å². The van der Waals surface area contributed by atoms with Crippen LogP contribution in [0.15, 0.2) is 94.5 Å². The number of carbonyl (C=O) groups excluding carboxylic acids is 2. The monoisotopic (exact) mass is 642 g/mol. The molecule has 5 rings (SSSR count). The van der Waals surface area contributed by atoms with Gasteiger partial charge in [-0.15, -0.1) is 0 Å². The lowest BCUT2D eigenvalue weighted by Gasteiger charge is -2.09. The van der Waals surface area contributed by atoms with E-state index in [1.165, 1.54) is 30.5 Å². The lowest BCUT2D eigenvalue weighted by Crippen LogP contribution is -2.19. The Hall–Kier alpha value is -5.49. The van der Waals surface area contributed by atoms with Crippen LogP contribution in [-0.2, 0) is 0 Å². The zero-order valence-corrected chi connectivity index (χ0v) is 24.4. The summed E-state index contributed by atoms with van der Waals surface area (Å²) in [6, 6.07) is 22.8. The van der Waals surface area contributed by atoms with E-state index in [1.807, 2.05) is 30.3 Å². The first-order chi connectivity index (χ1) is 20.8. The summed E-state index contributed by atoms with van der Waals surface area (Å²) in [7, 11) is 3.09. The van der Waals surface area contributed by atoms with Crippen molar-refractivity contribution in [1.29, 1.82) is 0 Å². The molecule has 4 aromatic carbocycles. The Morgan fingerprint density at radius 3 is 2.28 bits per heavy atom. The van der Waals surface area contributed by atoms with E-state index in [0.29, 0.717) is 38.0 Å². The first-order valence-electron chi connectivity index (χ1n) is 12.7. The minimum Gasteiger partial charge on any atom is -0.496 e. The summed E-state index contributed by atoms with van der Waals surface area (Å²) in [4.78, 5) is 39.8. The van der Waals surface area contributed by atoms with Gasteiger partial charge >= 0.3 is 5.97 Å². The smallest absolute Gasteiger partial charge is 0.343 e. The number of nitro benzene ring substituents is 1. The molecule has 43 heavy (non-hydrogen) atoms. The number of nitrogens with zero attached hydrogens (tertiary/aromatic N) is 2. The molecule has 0 unspecified atom stereocenters. The number of H-pyrrole nitrogens is 1. The number of amides is 1. The summed E-state index contributed by atoms with van der Waals surface area (Å²) >= 11 is 3.39. The number of nitro groups is 1. The van der Waals surface area contributed by atoms with Crippen LogP contribution in [-0.4, -0.2) is 42.2 Å². The Morgan fingerprint density at radius 1 is 0.930 bits per heavy atom. The Labute approximate surface area is 253 Å². The quantitative estimate of drug-likeness (QED) is 0.0613. The van der Waals surface area contributed by atoms with Gasteiger partial charge in [-0.05, 0) is 48.0 Å². The zero-order valence-electron chi connectivity index (χ0n) is 22.8. The highest BCUT2D eigenvalue weighted by molar-refractivity contribution is 9.10. The van der Waals surface area contributed by atoms with Crippen molar-refractivity contribution in [2.75, 3.05) is 14.2 Å². The Morgan fingerprint density at radius 2 is 1.60 bits per heavy atom. The van der Waals surface area contributed by atoms with Crippen LogP contribution < -0.4 is 19.6 Å². The summed E-state index contributed by atoms with van der Waals surface area (Å²) in [6.45, 7) is 0. The molecule has 0 fully saturated rings. The molecule has 5 aromatic rings. The van der Waals surface area contributed by atoms with Crippen molar-refractivity contribution in [3.63, 3.8) is 0 Å². The number of aromatic nitrogens is 1. The molecule has 11 nitrogen and oxygen atoms in total. The number of ether oxygens (including phenoxy) is 3. The number of benzene rings is 4. The molecule has 0 bridgehead atoms. The number of aromatic amines is 1. The van der Waals surface area contributed by atoms with Gasteiger partial charge in [-0.3, -0.25) is 14.9 Å². The minimum atomic E-state index is -0.718. The number of non-ortho nitro benzene ring substituents is 1. The predicted molar refractivity (Wildman–Crippen MR) is 164 cm³/mol. The molecular formula is C31H23BrN4O7. The van der Waals surface area contributed by atoms with E-state index in [4.69, 9.17) is 14.2 Å². The van der Waals surface area contributed by atoms with Crippen LogP contribution in [0.5, 0.6) is 17.2 Å². The van der Waals surface area contributed by atoms with E-state index in [9.17, 15) is 19.7 Å². The van der Waals surface area contributed by atoms with Gasteiger partial charge in [-0.25, -0.2) is 10.2 Å².